The average molecular weight is 417 g/mol. The van der Waals surface area contributed by atoms with E-state index in [1.807, 2.05) is 18.2 Å². The van der Waals surface area contributed by atoms with Crippen LogP contribution in [0.5, 0.6) is 0 Å². The number of hydrogen-bond donors (Lipinski definition) is 3. The summed E-state index contributed by atoms with van der Waals surface area (Å²) in [7, 11) is 1.70. The number of nitrogens with zero attached hydrogens (tertiary/aromatic N) is 1. The molecule has 1 unspecified atom stereocenters. The summed E-state index contributed by atoms with van der Waals surface area (Å²) in [5.74, 6) is 0.657. The Hall–Kier alpha value is -1.12. The number of aliphatic imine (C=N–C) groups is 1. The molecule has 0 spiro atoms. The van der Waals surface area contributed by atoms with Gasteiger partial charge in [-0.3, -0.25) is 4.99 Å². The third-order valence-corrected chi connectivity index (χ3v) is 4.09. The summed E-state index contributed by atoms with van der Waals surface area (Å²) in [6.07, 6.45) is 1.21. The second kappa shape index (κ2) is 9.01. The van der Waals surface area contributed by atoms with Crippen LogP contribution in [0.15, 0.2) is 48.0 Å². The molecule has 21 heavy (non-hydrogen) atoms. The Kier molecular flexibility index (Phi) is 7.69. The molecule has 0 saturated carbocycles. The van der Waals surface area contributed by atoms with Gasteiger partial charge in [0.15, 0.2) is 5.96 Å². The highest BCUT2D eigenvalue weighted by molar-refractivity contribution is 14.0. The van der Waals surface area contributed by atoms with Crippen LogP contribution in [0.2, 0.25) is 0 Å². The highest BCUT2D eigenvalue weighted by atomic mass is 127. The maximum absolute atomic E-state index is 10.2. The van der Waals surface area contributed by atoms with E-state index in [-0.39, 0.29) is 24.0 Å². The predicted octanol–water partition coefficient (Wildman–Crippen LogP) is 2.90. The first-order valence-electron chi connectivity index (χ1n) is 6.46. The van der Waals surface area contributed by atoms with Crippen molar-refractivity contribution in [3.05, 3.63) is 47.9 Å². The van der Waals surface area contributed by atoms with Crippen LogP contribution in [0.4, 0.5) is 0 Å². The molecule has 0 fully saturated rings. The molecule has 114 valence electrons. The van der Waals surface area contributed by atoms with Crippen LogP contribution in [0.1, 0.15) is 11.0 Å². The highest BCUT2D eigenvalue weighted by Crippen LogP contribution is 2.29. The van der Waals surface area contributed by atoms with Crippen LogP contribution >= 0.6 is 35.3 Å². The smallest absolute Gasteiger partial charge is 0.191 e. The molecule has 6 heteroatoms. The Balaban J connectivity index is 0.00000220. The first kappa shape index (κ1) is 17.9. The van der Waals surface area contributed by atoms with Gasteiger partial charge in [-0.15, -0.1) is 41.9 Å². The van der Waals surface area contributed by atoms with Gasteiger partial charge in [0.2, 0.25) is 0 Å². The molecule has 3 N–H and O–H groups in total. The van der Waals surface area contributed by atoms with Gasteiger partial charge in [0.05, 0.1) is 0 Å². The molecule has 1 aromatic heterocycles. The number of fused-ring (bicyclic) bond motifs is 1. The maximum Gasteiger partial charge on any atom is 0.191 e. The highest BCUT2D eigenvalue weighted by Gasteiger charge is 2.11. The summed E-state index contributed by atoms with van der Waals surface area (Å²) in [4.78, 5) is 5.03. The van der Waals surface area contributed by atoms with Gasteiger partial charge in [-0.2, -0.15) is 0 Å². The lowest BCUT2D eigenvalue weighted by atomic mass is 10.2. The molecule has 1 atom stereocenters. The maximum atomic E-state index is 10.2. The summed E-state index contributed by atoms with van der Waals surface area (Å²) in [6, 6.07) is 10.2. The second-order valence-corrected chi connectivity index (χ2v) is 5.44. The zero-order chi connectivity index (χ0) is 14.4. The predicted molar refractivity (Wildman–Crippen MR) is 102 cm³/mol. The number of rotatable bonds is 5. The molecular weight excluding hydrogens is 397 g/mol. The first-order chi connectivity index (χ1) is 9.74. The number of halogens is 1. The summed E-state index contributed by atoms with van der Waals surface area (Å²) in [5, 5.41) is 17.6. The molecule has 0 aliphatic heterocycles. The number of nitrogens with one attached hydrogen (secondary N) is 2. The Bertz CT molecular complexity index is 579. The number of aliphatic hydroxyl groups is 1. The molecule has 0 radical (unpaired) electrons. The number of thiophene rings is 1. The van der Waals surface area contributed by atoms with Crippen molar-refractivity contribution >= 4 is 51.4 Å². The van der Waals surface area contributed by atoms with Crippen molar-refractivity contribution in [3.63, 3.8) is 0 Å². The van der Waals surface area contributed by atoms with Gasteiger partial charge in [-0.1, -0.05) is 24.3 Å². The standard InChI is InChI=1S/C15H19N3OS.HI/c1-3-8-17-15(16-2)18-10-12(19)14-9-11-6-4-5-7-13(11)20-14;/h3-7,9,12,19H,1,8,10H2,2H3,(H2,16,17,18);1H. The van der Waals surface area contributed by atoms with E-state index in [2.05, 4.69) is 34.3 Å². The Morgan fingerprint density at radius 3 is 2.86 bits per heavy atom. The van der Waals surface area contributed by atoms with E-state index in [4.69, 9.17) is 0 Å². The van der Waals surface area contributed by atoms with Crippen molar-refractivity contribution in [1.82, 2.24) is 10.6 Å². The number of guanidine groups is 1. The molecule has 2 rings (SSSR count). The fourth-order valence-electron chi connectivity index (χ4n) is 1.85. The van der Waals surface area contributed by atoms with Crippen molar-refractivity contribution in [3.8, 4) is 0 Å². The third-order valence-electron chi connectivity index (χ3n) is 2.87. The van der Waals surface area contributed by atoms with Crippen molar-refractivity contribution in [2.75, 3.05) is 20.1 Å². The Morgan fingerprint density at radius 2 is 2.19 bits per heavy atom. The Morgan fingerprint density at radius 1 is 1.43 bits per heavy atom. The van der Waals surface area contributed by atoms with E-state index in [0.29, 0.717) is 19.0 Å². The van der Waals surface area contributed by atoms with Gasteiger partial charge in [0, 0.05) is 29.7 Å². The minimum atomic E-state index is -0.547. The monoisotopic (exact) mass is 417 g/mol. The summed E-state index contributed by atoms with van der Waals surface area (Å²) >= 11 is 1.62. The average Bonchev–Trinajstić information content (AvgIpc) is 2.91. The number of hydrogen-bond acceptors (Lipinski definition) is 3. The molecule has 0 aliphatic carbocycles. The molecule has 0 saturated heterocycles. The van der Waals surface area contributed by atoms with Gasteiger partial charge < -0.3 is 15.7 Å². The Labute approximate surface area is 146 Å². The fourth-order valence-corrected chi connectivity index (χ4v) is 2.90. The van der Waals surface area contributed by atoms with Crippen LogP contribution in [0.25, 0.3) is 10.1 Å². The van der Waals surface area contributed by atoms with Crippen LogP contribution in [0.3, 0.4) is 0 Å². The summed E-state index contributed by atoms with van der Waals surface area (Å²) in [6.45, 7) is 4.70. The molecule has 1 aromatic carbocycles. The van der Waals surface area contributed by atoms with Gasteiger partial charge >= 0.3 is 0 Å². The fraction of sp³-hybridized carbons (Fsp3) is 0.267. The second-order valence-electron chi connectivity index (χ2n) is 4.33. The van der Waals surface area contributed by atoms with E-state index in [1.54, 1.807) is 24.5 Å². The van der Waals surface area contributed by atoms with Crippen LogP contribution in [-0.4, -0.2) is 31.2 Å². The minimum absolute atomic E-state index is 0. The van der Waals surface area contributed by atoms with Gasteiger partial charge in [-0.25, -0.2) is 0 Å². The van der Waals surface area contributed by atoms with E-state index >= 15 is 0 Å². The molecule has 2 aromatic rings. The minimum Gasteiger partial charge on any atom is -0.386 e. The van der Waals surface area contributed by atoms with Crippen LogP contribution in [0, 0.1) is 0 Å². The van der Waals surface area contributed by atoms with E-state index < -0.39 is 6.10 Å². The van der Waals surface area contributed by atoms with Crippen molar-refractivity contribution < 1.29 is 5.11 Å². The molecule has 1 heterocycles. The van der Waals surface area contributed by atoms with E-state index in [0.717, 1.165) is 4.88 Å². The number of aliphatic hydroxyl groups excluding tert-OH is 1. The normalized spacial score (nSPS) is 12.6. The topological polar surface area (TPSA) is 56.7 Å². The molecule has 0 bridgehead atoms. The van der Waals surface area contributed by atoms with Crippen LogP contribution < -0.4 is 10.6 Å². The van der Waals surface area contributed by atoms with E-state index in [9.17, 15) is 5.11 Å². The van der Waals surface area contributed by atoms with E-state index in [1.165, 1.54) is 10.1 Å². The lowest BCUT2D eigenvalue weighted by Gasteiger charge is -2.13. The van der Waals surface area contributed by atoms with Crippen molar-refractivity contribution in [2.45, 2.75) is 6.10 Å². The van der Waals surface area contributed by atoms with Crippen molar-refractivity contribution in [1.29, 1.82) is 0 Å². The molecule has 0 amide bonds. The molecular formula is C15H20IN3OS. The van der Waals surface area contributed by atoms with Crippen molar-refractivity contribution in [2.24, 2.45) is 4.99 Å². The van der Waals surface area contributed by atoms with Crippen LogP contribution in [-0.2, 0) is 0 Å². The first-order valence-corrected chi connectivity index (χ1v) is 7.28. The molecule has 4 nitrogen and oxygen atoms in total. The third kappa shape index (κ3) is 4.98. The lowest BCUT2D eigenvalue weighted by molar-refractivity contribution is 0.184. The lowest BCUT2D eigenvalue weighted by Crippen LogP contribution is -2.39. The SMILES string of the molecule is C=CCNC(=NC)NCC(O)c1cc2ccccc2s1.I. The quantitative estimate of drug-likeness (QED) is 0.304. The van der Waals surface area contributed by atoms with Gasteiger partial charge in [-0.05, 0) is 17.5 Å². The van der Waals surface area contributed by atoms with Gasteiger partial charge in [0.25, 0.3) is 0 Å². The molecule has 0 aliphatic rings. The largest absolute Gasteiger partial charge is 0.386 e. The zero-order valence-electron chi connectivity index (χ0n) is 11.9. The number of benzene rings is 1. The summed E-state index contributed by atoms with van der Waals surface area (Å²) < 4.78 is 1.19. The summed E-state index contributed by atoms with van der Waals surface area (Å²) in [5.41, 5.74) is 0. The van der Waals surface area contributed by atoms with Gasteiger partial charge in [0.1, 0.15) is 6.10 Å². The zero-order valence-corrected chi connectivity index (χ0v) is 15.0.